The van der Waals surface area contributed by atoms with Crippen LogP contribution in [-0.2, 0) is 0 Å². The number of amides is 1. The Morgan fingerprint density at radius 2 is 2.23 bits per heavy atom. The minimum absolute atomic E-state index is 0.190. The highest BCUT2D eigenvalue weighted by Crippen LogP contribution is 2.20. The fraction of sp³-hybridized carbons (Fsp3) is 0.0625. The summed E-state index contributed by atoms with van der Waals surface area (Å²) < 4.78 is 4.97. The highest BCUT2D eigenvalue weighted by Gasteiger charge is 2.07. The number of aryl methyl sites for hydroxylation is 1. The van der Waals surface area contributed by atoms with Crippen molar-refractivity contribution in [3.63, 3.8) is 0 Å². The zero-order valence-corrected chi connectivity index (χ0v) is 12.5. The molecule has 0 saturated heterocycles. The van der Waals surface area contributed by atoms with E-state index in [1.54, 1.807) is 12.1 Å². The monoisotopic (exact) mass is 313 g/mol. The third kappa shape index (κ3) is 2.99. The molecule has 0 spiro atoms. The number of halogens is 1. The van der Waals surface area contributed by atoms with E-state index in [0.29, 0.717) is 10.7 Å². The maximum Gasteiger partial charge on any atom is 0.307 e. The van der Waals surface area contributed by atoms with Gasteiger partial charge in [-0.25, -0.2) is 10.4 Å². The second-order valence-electron chi connectivity index (χ2n) is 4.74. The molecule has 0 aliphatic carbocycles. The zero-order chi connectivity index (χ0) is 15.5. The molecule has 0 fully saturated rings. The van der Waals surface area contributed by atoms with Crippen molar-refractivity contribution in [2.45, 2.75) is 6.92 Å². The minimum atomic E-state index is -0.429. The van der Waals surface area contributed by atoms with Crippen molar-refractivity contribution in [2.24, 2.45) is 5.10 Å². The molecule has 6 heteroatoms. The van der Waals surface area contributed by atoms with Gasteiger partial charge in [0, 0.05) is 10.9 Å². The van der Waals surface area contributed by atoms with Crippen molar-refractivity contribution in [3.05, 3.63) is 64.7 Å². The van der Waals surface area contributed by atoms with Crippen molar-refractivity contribution in [3.8, 4) is 0 Å². The van der Waals surface area contributed by atoms with E-state index in [-0.39, 0.29) is 5.76 Å². The SMILES string of the molecule is Cc1ccc2cc(/C=N/NC(=O)c3ccco3)c(Cl)nc2c1. The topological polar surface area (TPSA) is 67.5 Å². The minimum Gasteiger partial charge on any atom is -0.459 e. The molecule has 110 valence electrons. The Balaban J connectivity index is 1.81. The van der Waals surface area contributed by atoms with Crippen LogP contribution in [0.5, 0.6) is 0 Å². The van der Waals surface area contributed by atoms with E-state index in [1.807, 2.05) is 31.2 Å². The molecule has 0 aliphatic rings. The number of nitrogens with one attached hydrogen (secondary N) is 1. The average Bonchev–Trinajstić information content (AvgIpc) is 3.02. The summed E-state index contributed by atoms with van der Waals surface area (Å²) in [5, 5.41) is 5.15. The molecule has 1 N–H and O–H groups in total. The van der Waals surface area contributed by atoms with Crippen LogP contribution in [0.15, 0.2) is 52.2 Å². The number of carbonyl (C=O) groups is 1. The van der Waals surface area contributed by atoms with Crippen molar-refractivity contribution < 1.29 is 9.21 Å². The van der Waals surface area contributed by atoms with E-state index in [4.69, 9.17) is 16.0 Å². The summed E-state index contributed by atoms with van der Waals surface area (Å²) in [6.45, 7) is 1.99. The normalized spacial score (nSPS) is 11.2. The lowest BCUT2D eigenvalue weighted by molar-refractivity contribution is 0.0927. The number of nitrogens with zero attached hydrogens (tertiary/aromatic N) is 2. The molecule has 5 nitrogen and oxygen atoms in total. The Labute approximate surface area is 131 Å². The van der Waals surface area contributed by atoms with Crippen molar-refractivity contribution >= 4 is 34.6 Å². The molecule has 0 unspecified atom stereocenters. The number of carbonyl (C=O) groups excluding carboxylic acids is 1. The van der Waals surface area contributed by atoms with Gasteiger partial charge in [-0.15, -0.1) is 0 Å². The summed E-state index contributed by atoms with van der Waals surface area (Å²) in [6, 6.07) is 11.0. The molecule has 1 aromatic carbocycles. The molecule has 2 heterocycles. The molecule has 3 aromatic rings. The average molecular weight is 314 g/mol. The van der Waals surface area contributed by atoms with Gasteiger partial charge < -0.3 is 4.42 Å². The number of aromatic nitrogens is 1. The van der Waals surface area contributed by atoms with E-state index < -0.39 is 5.91 Å². The third-order valence-electron chi connectivity index (χ3n) is 3.07. The van der Waals surface area contributed by atoms with E-state index in [1.165, 1.54) is 12.5 Å². The van der Waals surface area contributed by atoms with E-state index in [2.05, 4.69) is 15.5 Å². The summed E-state index contributed by atoms with van der Waals surface area (Å²) in [7, 11) is 0. The Hall–Kier alpha value is -2.66. The van der Waals surface area contributed by atoms with E-state index in [9.17, 15) is 4.79 Å². The molecule has 0 aliphatic heterocycles. The van der Waals surface area contributed by atoms with Gasteiger partial charge in [0.25, 0.3) is 0 Å². The highest BCUT2D eigenvalue weighted by atomic mass is 35.5. The van der Waals surface area contributed by atoms with Crippen molar-refractivity contribution in [1.82, 2.24) is 10.4 Å². The van der Waals surface area contributed by atoms with Gasteiger partial charge in [0.15, 0.2) is 5.76 Å². The number of furan rings is 1. The fourth-order valence-electron chi connectivity index (χ4n) is 1.98. The number of benzene rings is 1. The predicted molar refractivity (Wildman–Crippen MR) is 85.3 cm³/mol. The summed E-state index contributed by atoms with van der Waals surface area (Å²) in [5.74, 6) is -0.239. The lowest BCUT2D eigenvalue weighted by Gasteiger charge is -2.03. The molecular weight excluding hydrogens is 302 g/mol. The molecule has 2 aromatic heterocycles. The second kappa shape index (κ2) is 5.99. The molecule has 0 saturated carbocycles. The smallest absolute Gasteiger partial charge is 0.307 e. The molecule has 0 atom stereocenters. The summed E-state index contributed by atoms with van der Waals surface area (Å²) >= 11 is 6.14. The number of fused-ring (bicyclic) bond motifs is 1. The number of hydrogen-bond donors (Lipinski definition) is 1. The van der Waals surface area contributed by atoms with Gasteiger partial charge in [-0.2, -0.15) is 5.10 Å². The number of pyridine rings is 1. The van der Waals surface area contributed by atoms with Crippen LogP contribution >= 0.6 is 11.6 Å². The van der Waals surface area contributed by atoms with Gasteiger partial charge >= 0.3 is 5.91 Å². The van der Waals surface area contributed by atoms with Crippen LogP contribution < -0.4 is 5.43 Å². The summed E-state index contributed by atoms with van der Waals surface area (Å²) in [5.41, 5.74) is 4.93. The first kappa shape index (κ1) is 14.3. The van der Waals surface area contributed by atoms with Crippen LogP contribution in [0.3, 0.4) is 0 Å². The van der Waals surface area contributed by atoms with Crippen LogP contribution in [0.1, 0.15) is 21.7 Å². The Morgan fingerprint density at radius 1 is 1.36 bits per heavy atom. The standard InChI is InChI=1S/C16H12ClN3O2/c1-10-4-5-11-8-12(15(17)19-13(11)7-10)9-18-20-16(21)14-3-2-6-22-14/h2-9H,1H3,(H,20,21)/b18-9+. The van der Waals surface area contributed by atoms with Gasteiger partial charge in [0.2, 0.25) is 0 Å². The molecule has 22 heavy (non-hydrogen) atoms. The number of hydrazone groups is 1. The van der Waals surface area contributed by atoms with Crippen LogP contribution in [-0.4, -0.2) is 17.1 Å². The largest absolute Gasteiger partial charge is 0.459 e. The Morgan fingerprint density at radius 3 is 3.00 bits per heavy atom. The van der Waals surface area contributed by atoms with Crippen LogP contribution in [0.2, 0.25) is 5.15 Å². The maximum absolute atomic E-state index is 11.7. The molecule has 0 bridgehead atoms. The van der Waals surface area contributed by atoms with E-state index in [0.717, 1.165) is 16.5 Å². The van der Waals surface area contributed by atoms with Gasteiger partial charge in [0.05, 0.1) is 18.0 Å². The second-order valence-corrected chi connectivity index (χ2v) is 5.10. The van der Waals surface area contributed by atoms with Crippen LogP contribution in [0.4, 0.5) is 0 Å². The fourth-order valence-corrected chi connectivity index (χ4v) is 2.18. The number of hydrogen-bond acceptors (Lipinski definition) is 4. The summed E-state index contributed by atoms with van der Waals surface area (Å²) in [6.07, 6.45) is 2.88. The van der Waals surface area contributed by atoms with E-state index >= 15 is 0 Å². The van der Waals surface area contributed by atoms with Crippen LogP contribution in [0.25, 0.3) is 10.9 Å². The van der Waals surface area contributed by atoms with Gasteiger partial charge in [-0.3, -0.25) is 4.79 Å². The van der Waals surface area contributed by atoms with Gasteiger partial charge in [-0.05, 0) is 36.8 Å². The molecule has 0 radical (unpaired) electrons. The number of rotatable bonds is 3. The highest BCUT2D eigenvalue weighted by molar-refractivity contribution is 6.32. The first-order valence-corrected chi connectivity index (χ1v) is 6.95. The van der Waals surface area contributed by atoms with Crippen molar-refractivity contribution in [1.29, 1.82) is 0 Å². The first-order valence-electron chi connectivity index (χ1n) is 6.57. The predicted octanol–water partition coefficient (Wildman–Crippen LogP) is 3.55. The molecule has 3 rings (SSSR count). The zero-order valence-electron chi connectivity index (χ0n) is 11.7. The Kier molecular flexibility index (Phi) is 3.89. The lowest BCUT2D eigenvalue weighted by Crippen LogP contribution is -2.16. The molecular formula is C16H12ClN3O2. The van der Waals surface area contributed by atoms with Gasteiger partial charge in [-0.1, -0.05) is 23.7 Å². The van der Waals surface area contributed by atoms with Gasteiger partial charge in [0.1, 0.15) is 5.15 Å². The lowest BCUT2D eigenvalue weighted by atomic mass is 10.1. The third-order valence-corrected chi connectivity index (χ3v) is 3.37. The van der Waals surface area contributed by atoms with Crippen molar-refractivity contribution in [2.75, 3.05) is 0 Å². The maximum atomic E-state index is 11.7. The van der Waals surface area contributed by atoms with Crippen LogP contribution in [0, 0.1) is 6.92 Å². The molecule has 1 amide bonds. The summed E-state index contributed by atoms with van der Waals surface area (Å²) in [4.78, 5) is 16.0. The quantitative estimate of drug-likeness (QED) is 0.457. The first-order chi connectivity index (χ1) is 10.6. The Bertz CT molecular complexity index is 857.